The summed E-state index contributed by atoms with van der Waals surface area (Å²) in [5.41, 5.74) is 7.38. The van der Waals surface area contributed by atoms with Gasteiger partial charge in [0.25, 0.3) is 0 Å². The number of anilines is 1. The highest BCUT2D eigenvalue weighted by Gasteiger charge is 2.28. The Balaban J connectivity index is 2.23. The lowest BCUT2D eigenvalue weighted by atomic mass is 9.91. The highest BCUT2D eigenvalue weighted by molar-refractivity contribution is 5.35. The summed E-state index contributed by atoms with van der Waals surface area (Å²) >= 11 is 0. The van der Waals surface area contributed by atoms with Gasteiger partial charge in [0.1, 0.15) is 0 Å². The summed E-state index contributed by atoms with van der Waals surface area (Å²) in [6.45, 7) is 9.27. The van der Waals surface area contributed by atoms with Crippen molar-refractivity contribution in [1.82, 2.24) is 9.55 Å². The van der Waals surface area contributed by atoms with E-state index in [0.29, 0.717) is 24.6 Å². The van der Waals surface area contributed by atoms with Gasteiger partial charge in [0, 0.05) is 32.4 Å². The molecule has 3 unspecified atom stereocenters. The van der Waals surface area contributed by atoms with E-state index in [1.807, 2.05) is 0 Å². The molecule has 1 aliphatic heterocycles. The highest BCUT2D eigenvalue weighted by Crippen LogP contribution is 2.26. The SMILES string of the molecule is CCc1cn(C(C)COC)c(N2CCC(N)C(CC)C2)n1. The van der Waals surface area contributed by atoms with Gasteiger partial charge in [0.05, 0.1) is 18.3 Å². The zero-order valence-electron chi connectivity index (χ0n) is 13.9. The molecule has 120 valence electrons. The molecule has 0 spiro atoms. The number of hydrogen-bond donors (Lipinski definition) is 1. The summed E-state index contributed by atoms with van der Waals surface area (Å²) in [5, 5.41) is 0. The van der Waals surface area contributed by atoms with Crippen molar-refractivity contribution in [2.24, 2.45) is 11.7 Å². The van der Waals surface area contributed by atoms with Crippen LogP contribution in [0.1, 0.15) is 45.3 Å². The summed E-state index contributed by atoms with van der Waals surface area (Å²) in [4.78, 5) is 7.25. The number of nitrogens with zero attached hydrogens (tertiary/aromatic N) is 3. The predicted molar refractivity (Wildman–Crippen MR) is 86.8 cm³/mol. The van der Waals surface area contributed by atoms with E-state index in [1.165, 1.54) is 0 Å². The third-order valence-corrected chi connectivity index (χ3v) is 4.61. The van der Waals surface area contributed by atoms with Crippen LogP contribution in [0, 0.1) is 5.92 Å². The quantitative estimate of drug-likeness (QED) is 0.874. The van der Waals surface area contributed by atoms with E-state index < -0.39 is 0 Å². The normalized spacial score (nSPS) is 24.3. The van der Waals surface area contributed by atoms with E-state index in [-0.39, 0.29) is 0 Å². The van der Waals surface area contributed by atoms with E-state index in [2.05, 4.69) is 36.4 Å². The van der Waals surface area contributed by atoms with E-state index in [1.54, 1.807) is 7.11 Å². The number of piperidine rings is 1. The molecule has 1 saturated heterocycles. The van der Waals surface area contributed by atoms with Crippen molar-refractivity contribution in [3.63, 3.8) is 0 Å². The third kappa shape index (κ3) is 3.58. The Morgan fingerprint density at radius 3 is 2.86 bits per heavy atom. The van der Waals surface area contributed by atoms with Gasteiger partial charge in [-0.3, -0.25) is 0 Å². The molecule has 3 atom stereocenters. The molecule has 21 heavy (non-hydrogen) atoms. The topological polar surface area (TPSA) is 56.3 Å². The number of rotatable bonds is 6. The Morgan fingerprint density at radius 1 is 1.48 bits per heavy atom. The fraction of sp³-hybridized carbons (Fsp3) is 0.812. The van der Waals surface area contributed by atoms with Crippen LogP contribution < -0.4 is 10.6 Å². The van der Waals surface area contributed by atoms with Crippen molar-refractivity contribution in [3.8, 4) is 0 Å². The molecule has 1 fully saturated rings. The molecule has 0 amide bonds. The Morgan fingerprint density at radius 2 is 2.24 bits per heavy atom. The Hall–Kier alpha value is -1.07. The molecule has 2 rings (SSSR count). The van der Waals surface area contributed by atoms with Crippen LogP contribution >= 0.6 is 0 Å². The van der Waals surface area contributed by atoms with E-state index >= 15 is 0 Å². The number of ether oxygens (including phenoxy) is 1. The largest absolute Gasteiger partial charge is 0.383 e. The van der Waals surface area contributed by atoms with Gasteiger partial charge in [-0.2, -0.15) is 0 Å². The summed E-state index contributed by atoms with van der Waals surface area (Å²) in [6.07, 6.45) is 5.32. The maximum atomic E-state index is 6.23. The Bertz CT molecular complexity index is 445. The van der Waals surface area contributed by atoms with Crippen molar-refractivity contribution in [3.05, 3.63) is 11.9 Å². The van der Waals surface area contributed by atoms with Crippen molar-refractivity contribution in [1.29, 1.82) is 0 Å². The van der Waals surface area contributed by atoms with E-state index in [0.717, 1.165) is 44.0 Å². The van der Waals surface area contributed by atoms with Crippen LogP contribution in [0.5, 0.6) is 0 Å². The first kappa shape index (κ1) is 16.3. The molecule has 2 heterocycles. The van der Waals surface area contributed by atoms with Gasteiger partial charge in [-0.15, -0.1) is 0 Å². The first-order chi connectivity index (χ1) is 10.1. The summed E-state index contributed by atoms with van der Waals surface area (Å²) in [5.74, 6) is 1.65. The molecular weight excluding hydrogens is 264 g/mol. The monoisotopic (exact) mass is 294 g/mol. The number of aryl methyl sites for hydroxylation is 1. The van der Waals surface area contributed by atoms with Crippen LogP contribution in [0.3, 0.4) is 0 Å². The first-order valence-corrected chi connectivity index (χ1v) is 8.17. The number of hydrogen-bond acceptors (Lipinski definition) is 4. The maximum absolute atomic E-state index is 6.23. The Kier molecular flexibility index (Phi) is 5.65. The molecule has 1 aromatic heterocycles. The van der Waals surface area contributed by atoms with Crippen molar-refractivity contribution < 1.29 is 4.74 Å². The second-order valence-electron chi connectivity index (χ2n) is 6.16. The zero-order chi connectivity index (χ0) is 15.4. The highest BCUT2D eigenvalue weighted by atomic mass is 16.5. The predicted octanol–water partition coefficient (Wildman–Crippen LogP) is 2.22. The average molecular weight is 294 g/mol. The van der Waals surface area contributed by atoms with Crippen LogP contribution in [-0.4, -0.2) is 42.4 Å². The number of nitrogens with two attached hydrogens (primary N) is 1. The van der Waals surface area contributed by atoms with Gasteiger partial charge in [0.2, 0.25) is 5.95 Å². The van der Waals surface area contributed by atoms with Crippen molar-refractivity contribution >= 4 is 5.95 Å². The molecule has 1 aromatic rings. The summed E-state index contributed by atoms with van der Waals surface area (Å²) in [6, 6.07) is 0.630. The second-order valence-corrected chi connectivity index (χ2v) is 6.16. The van der Waals surface area contributed by atoms with Gasteiger partial charge in [0.15, 0.2) is 0 Å². The third-order valence-electron chi connectivity index (χ3n) is 4.61. The van der Waals surface area contributed by atoms with Gasteiger partial charge >= 0.3 is 0 Å². The zero-order valence-corrected chi connectivity index (χ0v) is 13.9. The van der Waals surface area contributed by atoms with Crippen LogP contribution in [0.2, 0.25) is 0 Å². The molecule has 5 nitrogen and oxygen atoms in total. The molecule has 0 aliphatic carbocycles. The van der Waals surface area contributed by atoms with Crippen LogP contribution in [0.15, 0.2) is 6.20 Å². The molecule has 0 saturated carbocycles. The summed E-state index contributed by atoms with van der Waals surface area (Å²) in [7, 11) is 1.75. The fourth-order valence-electron chi connectivity index (χ4n) is 3.15. The van der Waals surface area contributed by atoms with E-state index in [4.69, 9.17) is 15.5 Å². The second kappa shape index (κ2) is 7.27. The van der Waals surface area contributed by atoms with Crippen LogP contribution in [-0.2, 0) is 11.2 Å². The molecule has 0 bridgehead atoms. The minimum atomic E-state index is 0.300. The fourth-order valence-corrected chi connectivity index (χ4v) is 3.15. The average Bonchev–Trinajstić information content (AvgIpc) is 2.92. The summed E-state index contributed by atoms with van der Waals surface area (Å²) < 4.78 is 7.59. The van der Waals surface area contributed by atoms with Crippen molar-refractivity contribution in [2.75, 3.05) is 31.7 Å². The lowest BCUT2D eigenvalue weighted by Crippen LogP contribution is -2.47. The molecule has 2 N–H and O–H groups in total. The molecule has 0 aromatic carbocycles. The lowest BCUT2D eigenvalue weighted by molar-refractivity contribution is 0.162. The first-order valence-electron chi connectivity index (χ1n) is 8.17. The smallest absolute Gasteiger partial charge is 0.206 e. The van der Waals surface area contributed by atoms with Crippen LogP contribution in [0.4, 0.5) is 5.95 Å². The molecule has 5 heteroatoms. The van der Waals surface area contributed by atoms with Gasteiger partial charge < -0.3 is 19.9 Å². The number of imidazole rings is 1. The van der Waals surface area contributed by atoms with E-state index in [9.17, 15) is 0 Å². The molecular formula is C16H30N4O. The lowest BCUT2D eigenvalue weighted by Gasteiger charge is -2.37. The standard InChI is InChI=1S/C16H30N4O/c1-5-13-9-19(8-7-15(13)17)16-18-14(6-2)10-20(16)12(3)11-21-4/h10,12-13,15H,5-9,11,17H2,1-4H3. The molecule has 0 radical (unpaired) electrons. The minimum Gasteiger partial charge on any atom is -0.383 e. The van der Waals surface area contributed by atoms with Gasteiger partial charge in [-0.05, 0) is 25.7 Å². The van der Waals surface area contributed by atoms with Crippen molar-refractivity contribution in [2.45, 2.75) is 52.1 Å². The molecule has 1 aliphatic rings. The maximum Gasteiger partial charge on any atom is 0.206 e. The minimum absolute atomic E-state index is 0.300. The number of aromatic nitrogens is 2. The number of methoxy groups -OCH3 is 1. The van der Waals surface area contributed by atoms with Gasteiger partial charge in [-0.25, -0.2) is 4.98 Å². The van der Waals surface area contributed by atoms with Gasteiger partial charge in [-0.1, -0.05) is 20.3 Å². The Labute approximate surface area is 128 Å². The van der Waals surface area contributed by atoms with Crippen LogP contribution in [0.25, 0.3) is 0 Å².